The predicted molar refractivity (Wildman–Crippen MR) is 98.8 cm³/mol. The van der Waals surface area contributed by atoms with E-state index in [9.17, 15) is 9.18 Å². The number of carbonyl (C=O) groups is 1. The van der Waals surface area contributed by atoms with E-state index in [0.717, 1.165) is 11.3 Å². The predicted octanol–water partition coefficient (Wildman–Crippen LogP) is 3.10. The molecule has 0 spiro atoms. The van der Waals surface area contributed by atoms with Gasteiger partial charge < -0.3 is 10.6 Å². The highest BCUT2D eigenvalue weighted by atomic mass is 19.1. The van der Waals surface area contributed by atoms with Gasteiger partial charge in [0.15, 0.2) is 0 Å². The van der Waals surface area contributed by atoms with Gasteiger partial charge in [0, 0.05) is 19.3 Å². The molecule has 2 aromatic carbocycles. The van der Waals surface area contributed by atoms with Crippen molar-refractivity contribution < 1.29 is 9.18 Å². The van der Waals surface area contributed by atoms with Gasteiger partial charge in [0.2, 0.25) is 0 Å². The van der Waals surface area contributed by atoms with Crippen LogP contribution in [0.5, 0.6) is 0 Å². The van der Waals surface area contributed by atoms with E-state index in [1.165, 1.54) is 6.07 Å². The Morgan fingerprint density at radius 2 is 1.65 bits per heavy atom. The number of nitrogens with zero attached hydrogens (tertiary/aromatic N) is 2. The van der Waals surface area contributed by atoms with E-state index in [2.05, 4.69) is 15.7 Å². The second kappa shape index (κ2) is 8.80. The minimum atomic E-state index is -0.253. The molecule has 134 valence electrons. The second-order valence-electron chi connectivity index (χ2n) is 5.90. The fourth-order valence-electron chi connectivity index (χ4n) is 2.61. The van der Waals surface area contributed by atoms with E-state index in [1.807, 2.05) is 41.2 Å². The van der Waals surface area contributed by atoms with Gasteiger partial charge in [-0.15, -0.1) is 0 Å². The van der Waals surface area contributed by atoms with Crippen molar-refractivity contribution in [1.82, 2.24) is 20.4 Å². The summed E-state index contributed by atoms with van der Waals surface area (Å²) in [6.07, 6.45) is 4.90. The maximum absolute atomic E-state index is 13.5. The van der Waals surface area contributed by atoms with Crippen LogP contribution in [0.1, 0.15) is 11.1 Å². The Hall–Kier alpha value is -3.15. The Kier molecular flexibility index (Phi) is 5.98. The zero-order chi connectivity index (χ0) is 18.2. The van der Waals surface area contributed by atoms with Crippen LogP contribution < -0.4 is 10.6 Å². The summed E-state index contributed by atoms with van der Waals surface area (Å²) in [6, 6.07) is 16.2. The van der Waals surface area contributed by atoms with Crippen molar-refractivity contribution in [1.29, 1.82) is 0 Å². The molecule has 2 N–H and O–H groups in total. The van der Waals surface area contributed by atoms with E-state index < -0.39 is 0 Å². The number of para-hydroxylation sites is 1. The topological polar surface area (TPSA) is 59.0 Å². The molecule has 26 heavy (non-hydrogen) atoms. The number of aromatic nitrogens is 2. The summed E-state index contributed by atoms with van der Waals surface area (Å²) in [7, 11) is 0. The summed E-state index contributed by atoms with van der Waals surface area (Å²) < 4.78 is 15.3. The summed E-state index contributed by atoms with van der Waals surface area (Å²) in [5.41, 5.74) is 2.64. The summed E-state index contributed by atoms with van der Waals surface area (Å²) in [5.74, 6) is -0.245. The van der Waals surface area contributed by atoms with Gasteiger partial charge >= 0.3 is 6.03 Å². The Morgan fingerprint density at radius 3 is 2.42 bits per heavy atom. The van der Waals surface area contributed by atoms with Crippen LogP contribution in [0.3, 0.4) is 0 Å². The highest BCUT2D eigenvalue weighted by Gasteiger charge is 2.04. The van der Waals surface area contributed by atoms with Crippen molar-refractivity contribution in [2.75, 3.05) is 13.1 Å². The van der Waals surface area contributed by atoms with E-state index in [1.54, 1.807) is 24.4 Å². The average Bonchev–Trinajstić information content (AvgIpc) is 3.13. The van der Waals surface area contributed by atoms with Crippen LogP contribution in [-0.4, -0.2) is 28.9 Å². The largest absolute Gasteiger partial charge is 0.338 e. The molecule has 0 unspecified atom stereocenters. The van der Waals surface area contributed by atoms with Gasteiger partial charge in [-0.2, -0.15) is 5.10 Å². The molecule has 0 atom stereocenters. The molecule has 0 saturated heterocycles. The van der Waals surface area contributed by atoms with E-state index >= 15 is 0 Å². The Balaban J connectivity index is 1.38. The lowest BCUT2D eigenvalue weighted by molar-refractivity contribution is 0.241. The zero-order valence-corrected chi connectivity index (χ0v) is 14.4. The normalized spacial score (nSPS) is 10.5. The third-order valence-corrected chi connectivity index (χ3v) is 3.99. The molecular weight excluding hydrogens is 331 g/mol. The minimum absolute atomic E-state index is 0.245. The van der Waals surface area contributed by atoms with E-state index in [4.69, 9.17) is 0 Å². The second-order valence-corrected chi connectivity index (χ2v) is 5.90. The van der Waals surface area contributed by atoms with Crippen LogP contribution in [0.4, 0.5) is 9.18 Å². The highest BCUT2D eigenvalue weighted by Crippen LogP contribution is 2.08. The third kappa shape index (κ3) is 4.92. The maximum Gasteiger partial charge on any atom is 0.314 e. The van der Waals surface area contributed by atoms with Crippen LogP contribution in [0.25, 0.3) is 5.69 Å². The SMILES string of the molecule is O=C(NCCc1cnn(-c2ccccc2)c1)NCCc1ccccc1F. The van der Waals surface area contributed by atoms with Crippen molar-refractivity contribution in [2.24, 2.45) is 0 Å². The Morgan fingerprint density at radius 1 is 0.962 bits per heavy atom. The highest BCUT2D eigenvalue weighted by molar-refractivity contribution is 5.73. The maximum atomic E-state index is 13.5. The summed E-state index contributed by atoms with van der Waals surface area (Å²) in [6.45, 7) is 0.894. The fraction of sp³-hybridized carbons (Fsp3) is 0.200. The van der Waals surface area contributed by atoms with Gasteiger partial charge in [-0.25, -0.2) is 13.9 Å². The van der Waals surface area contributed by atoms with Crippen molar-refractivity contribution in [3.05, 3.63) is 83.9 Å². The van der Waals surface area contributed by atoms with Gasteiger partial charge in [0.05, 0.1) is 11.9 Å². The molecule has 1 aromatic heterocycles. The van der Waals surface area contributed by atoms with Gasteiger partial charge in [-0.1, -0.05) is 36.4 Å². The van der Waals surface area contributed by atoms with Gasteiger partial charge in [0.1, 0.15) is 5.82 Å². The number of amides is 2. The first-order chi connectivity index (χ1) is 12.7. The molecule has 5 nitrogen and oxygen atoms in total. The average molecular weight is 352 g/mol. The smallest absolute Gasteiger partial charge is 0.314 e. The molecule has 2 amide bonds. The molecule has 0 radical (unpaired) electrons. The van der Waals surface area contributed by atoms with Crippen LogP contribution in [-0.2, 0) is 12.8 Å². The molecule has 6 heteroatoms. The number of halogens is 1. The number of carbonyl (C=O) groups excluding carboxylic acids is 1. The number of urea groups is 1. The summed E-state index contributed by atoms with van der Waals surface area (Å²) >= 11 is 0. The van der Waals surface area contributed by atoms with E-state index in [-0.39, 0.29) is 11.8 Å². The molecule has 0 fully saturated rings. The Bertz CT molecular complexity index is 848. The third-order valence-electron chi connectivity index (χ3n) is 3.99. The number of benzene rings is 2. The first kappa shape index (κ1) is 17.7. The standard InChI is InChI=1S/C20H21FN4O/c21-19-9-5-4-6-17(19)11-13-23-20(26)22-12-10-16-14-24-25(15-16)18-7-2-1-3-8-18/h1-9,14-15H,10-13H2,(H2,22,23,26). The molecule has 0 aliphatic rings. The van der Waals surface area contributed by atoms with Gasteiger partial charge in [-0.3, -0.25) is 0 Å². The molecule has 3 aromatic rings. The lowest BCUT2D eigenvalue weighted by Gasteiger charge is -2.07. The van der Waals surface area contributed by atoms with Crippen LogP contribution in [0.2, 0.25) is 0 Å². The first-order valence-corrected chi connectivity index (χ1v) is 8.56. The molecule has 0 aliphatic carbocycles. The molecule has 1 heterocycles. The van der Waals surface area contributed by atoms with Gasteiger partial charge in [-0.05, 0) is 42.2 Å². The monoisotopic (exact) mass is 352 g/mol. The molecule has 0 aliphatic heterocycles. The number of hydrogen-bond acceptors (Lipinski definition) is 2. The molecule has 0 bridgehead atoms. The van der Waals surface area contributed by atoms with Crippen molar-refractivity contribution >= 4 is 6.03 Å². The van der Waals surface area contributed by atoms with Crippen molar-refractivity contribution in [2.45, 2.75) is 12.8 Å². The fourth-order valence-corrected chi connectivity index (χ4v) is 2.61. The minimum Gasteiger partial charge on any atom is -0.338 e. The van der Waals surface area contributed by atoms with Gasteiger partial charge in [0.25, 0.3) is 0 Å². The zero-order valence-electron chi connectivity index (χ0n) is 14.4. The van der Waals surface area contributed by atoms with Crippen LogP contribution in [0.15, 0.2) is 67.0 Å². The van der Waals surface area contributed by atoms with Crippen molar-refractivity contribution in [3.8, 4) is 5.69 Å². The van der Waals surface area contributed by atoms with Crippen LogP contribution >= 0.6 is 0 Å². The molecule has 3 rings (SSSR count). The Labute approximate surface area is 151 Å². The first-order valence-electron chi connectivity index (χ1n) is 8.56. The van der Waals surface area contributed by atoms with Crippen molar-refractivity contribution in [3.63, 3.8) is 0 Å². The number of nitrogens with one attached hydrogen (secondary N) is 2. The number of hydrogen-bond donors (Lipinski definition) is 2. The molecular formula is C20H21FN4O. The van der Waals surface area contributed by atoms with Crippen LogP contribution in [0, 0.1) is 5.82 Å². The van der Waals surface area contributed by atoms with E-state index in [0.29, 0.717) is 31.5 Å². The number of rotatable bonds is 7. The lowest BCUT2D eigenvalue weighted by Crippen LogP contribution is -2.37. The quantitative estimate of drug-likeness (QED) is 0.686. The summed E-state index contributed by atoms with van der Waals surface area (Å²) in [5, 5.41) is 9.87. The summed E-state index contributed by atoms with van der Waals surface area (Å²) in [4.78, 5) is 11.8. The lowest BCUT2D eigenvalue weighted by atomic mass is 10.1. The molecule has 0 saturated carbocycles.